The topological polar surface area (TPSA) is 57.4 Å². The lowest BCUT2D eigenvalue weighted by molar-refractivity contribution is 0.104. The molecule has 2 aliphatic heterocycles. The minimum absolute atomic E-state index is 0.0769. The number of urea groups is 1. The van der Waals surface area contributed by atoms with Crippen molar-refractivity contribution in [1.82, 2.24) is 15.2 Å². The van der Waals surface area contributed by atoms with Crippen molar-refractivity contribution in [3.63, 3.8) is 0 Å². The number of nitrogens with one attached hydrogen (secondary N) is 2. The zero-order chi connectivity index (χ0) is 17.1. The van der Waals surface area contributed by atoms with Crippen molar-refractivity contribution in [2.24, 2.45) is 0 Å². The zero-order valence-corrected chi connectivity index (χ0v) is 14.7. The Morgan fingerprint density at radius 2 is 2.08 bits per heavy atom. The summed E-state index contributed by atoms with van der Waals surface area (Å²) in [5.41, 5.74) is 2.51. The zero-order valence-electron chi connectivity index (χ0n) is 14.7. The lowest BCUT2D eigenvalue weighted by atomic mass is 9.94. The number of carbonyl (C=O) groups excluding carboxylic acids is 1. The number of rotatable bonds is 4. The van der Waals surface area contributed by atoms with Gasteiger partial charge in [-0.05, 0) is 49.6 Å². The van der Waals surface area contributed by atoms with Crippen LogP contribution in [0.4, 0.5) is 4.79 Å². The minimum atomic E-state index is 0.0769. The standard InChI is InChI=1S/C20H27N3O2/c24-20(21-10-7-17-5-3-13-25-17)23-11-8-15(9-12-23)19-14-16-4-1-2-6-18(16)22-19/h1-2,4,6,14-15,17,22H,3,5,7-13H2,(H,21,24). The van der Waals surface area contributed by atoms with Gasteiger partial charge in [0, 0.05) is 43.4 Å². The van der Waals surface area contributed by atoms with E-state index in [2.05, 4.69) is 40.6 Å². The van der Waals surface area contributed by atoms with E-state index in [0.29, 0.717) is 18.6 Å². The van der Waals surface area contributed by atoms with Gasteiger partial charge in [0.25, 0.3) is 0 Å². The minimum Gasteiger partial charge on any atom is -0.378 e. The average molecular weight is 341 g/mol. The first-order chi connectivity index (χ1) is 12.3. The predicted molar refractivity (Wildman–Crippen MR) is 98.8 cm³/mol. The van der Waals surface area contributed by atoms with E-state index in [1.165, 1.54) is 16.6 Å². The van der Waals surface area contributed by atoms with Crippen molar-refractivity contribution >= 4 is 16.9 Å². The summed E-state index contributed by atoms with van der Waals surface area (Å²) in [6.07, 6.45) is 5.59. The fraction of sp³-hybridized carbons (Fsp3) is 0.550. The maximum absolute atomic E-state index is 12.3. The normalized spacial score (nSPS) is 21.8. The van der Waals surface area contributed by atoms with E-state index >= 15 is 0 Å². The number of ether oxygens (including phenoxy) is 1. The van der Waals surface area contributed by atoms with E-state index in [0.717, 1.165) is 51.8 Å². The van der Waals surface area contributed by atoms with Crippen LogP contribution in [0.1, 0.15) is 43.7 Å². The fourth-order valence-corrected chi connectivity index (χ4v) is 4.03. The smallest absolute Gasteiger partial charge is 0.317 e. The molecule has 0 radical (unpaired) electrons. The second-order valence-electron chi connectivity index (χ2n) is 7.23. The summed E-state index contributed by atoms with van der Waals surface area (Å²) in [5.74, 6) is 0.517. The highest BCUT2D eigenvalue weighted by Crippen LogP contribution is 2.29. The maximum Gasteiger partial charge on any atom is 0.317 e. The van der Waals surface area contributed by atoms with Gasteiger partial charge in [-0.2, -0.15) is 0 Å². The molecule has 2 amide bonds. The van der Waals surface area contributed by atoms with Gasteiger partial charge in [0.1, 0.15) is 0 Å². The molecule has 2 N–H and O–H groups in total. The van der Waals surface area contributed by atoms with Gasteiger partial charge >= 0.3 is 6.03 Å². The lowest BCUT2D eigenvalue weighted by Gasteiger charge is -2.31. The van der Waals surface area contributed by atoms with Crippen molar-refractivity contribution in [3.05, 3.63) is 36.0 Å². The van der Waals surface area contributed by atoms with Crippen LogP contribution in [0.3, 0.4) is 0 Å². The molecule has 5 heteroatoms. The molecule has 2 aromatic rings. The molecule has 5 nitrogen and oxygen atoms in total. The fourth-order valence-electron chi connectivity index (χ4n) is 4.03. The highest BCUT2D eigenvalue weighted by atomic mass is 16.5. The Kier molecular flexibility index (Phi) is 4.92. The summed E-state index contributed by atoms with van der Waals surface area (Å²) < 4.78 is 5.60. The molecule has 1 aromatic carbocycles. The third-order valence-electron chi connectivity index (χ3n) is 5.54. The number of para-hydroxylation sites is 1. The molecule has 25 heavy (non-hydrogen) atoms. The van der Waals surface area contributed by atoms with Crippen LogP contribution in [0, 0.1) is 0 Å². The second-order valence-corrected chi connectivity index (χ2v) is 7.23. The van der Waals surface area contributed by atoms with Crippen LogP contribution >= 0.6 is 0 Å². The number of benzene rings is 1. The number of fused-ring (bicyclic) bond motifs is 1. The van der Waals surface area contributed by atoms with Crippen LogP contribution in [0.15, 0.2) is 30.3 Å². The molecule has 134 valence electrons. The first-order valence-corrected chi connectivity index (χ1v) is 9.51. The van der Waals surface area contributed by atoms with Gasteiger partial charge in [0.15, 0.2) is 0 Å². The Labute approximate surface area is 148 Å². The Hall–Kier alpha value is -2.01. The molecule has 1 unspecified atom stereocenters. The third-order valence-corrected chi connectivity index (χ3v) is 5.54. The number of piperidine rings is 1. The van der Waals surface area contributed by atoms with Gasteiger partial charge in [-0.15, -0.1) is 0 Å². The summed E-state index contributed by atoms with van der Waals surface area (Å²) >= 11 is 0. The maximum atomic E-state index is 12.3. The molecular weight excluding hydrogens is 314 g/mol. The molecule has 2 fully saturated rings. The summed E-state index contributed by atoms with van der Waals surface area (Å²) in [5, 5.41) is 4.32. The Morgan fingerprint density at radius 1 is 1.24 bits per heavy atom. The number of carbonyl (C=O) groups is 1. The third kappa shape index (κ3) is 3.82. The number of likely N-dealkylation sites (tertiary alicyclic amines) is 1. The second kappa shape index (κ2) is 7.48. The van der Waals surface area contributed by atoms with Gasteiger partial charge in [0.2, 0.25) is 0 Å². The van der Waals surface area contributed by atoms with Crippen molar-refractivity contribution in [3.8, 4) is 0 Å². The van der Waals surface area contributed by atoms with Gasteiger partial charge in [0.05, 0.1) is 6.10 Å². The van der Waals surface area contributed by atoms with Crippen LogP contribution in [-0.4, -0.2) is 48.3 Å². The molecule has 3 heterocycles. The largest absolute Gasteiger partial charge is 0.378 e. The number of hydrogen-bond acceptors (Lipinski definition) is 2. The molecule has 1 atom stereocenters. The Balaban J connectivity index is 1.25. The number of amides is 2. The first kappa shape index (κ1) is 16.5. The monoisotopic (exact) mass is 341 g/mol. The van der Waals surface area contributed by atoms with Crippen molar-refractivity contribution in [2.45, 2.75) is 44.1 Å². The van der Waals surface area contributed by atoms with E-state index in [1.807, 2.05) is 4.90 Å². The van der Waals surface area contributed by atoms with Crippen LogP contribution in [-0.2, 0) is 4.74 Å². The van der Waals surface area contributed by atoms with Gasteiger partial charge < -0.3 is 19.9 Å². The van der Waals surface area contributed by atoms with E-state index in [-0.39, 0.29) is 6.03 Å². The summed E-state index contributed by atoms with van der Waals surface area (Å²) in [6.45, 7) is 3.24. The number of hydrogen-bond donors (Lipinski definition) is 2. The molecular formula is C20H27N3O2. The molecule has 4 rings (SSSR count). The molecule has 2 saturated heterocycles. The van der Waals surface area contributed by atoms with Crippen LogP contribution < -0.4 is 5.32 Å². The lowest BCUT2D eigenvalue weighted by Crippen LogP contribution is -2.44. The molecule has 0 spiro atoms. The molecule has 0 aliphatic carbocycles. The van der Waals surface area contributed by atoms with E-state index < -0.39 is 0 Å². The van der Waals surface area contributed by atoms with Crippen molar-refractivity contribution < 1.29 is 9.53 Å². The Morgan fingerprint density at radius 3 is 2.84 bits per heavy atom. The van der Waals surface area contributed by atoms with Crippen LogP contribution in [0.5, 0.6) is 0 Å². The highest BCUT2D eigenvalue weighted by Gasteiger charge is 2.25. The Bertz CT molecular complexity index is 680. The number of aromatic amines is 1. The summed E-state index contributed by atoms with van der Waals surface area (Å²) in [7, 11) is 0. The van der Waals surface area contributed by atoms with E-state index in [1.54, 1.807) is 0 Å². The van der Waals surface area contributed by atoms with Gasteiger partial charge in [-0.25, -0.2) is 4.79 Å². The molecule has 0 bridgehead atoms. The first-order valence-electron chi connectivity index (χ1n) is 9.51. The van der Waals surface area contributed by atoms with Crippen molar-refractivity contribution in [2.75, 3.05) is 26.2 Å². The van der Waals surface area contributed by atoms with Gasteiger partial charge in [-0.1, -0.05) is 18.2 Å². The van der Waals surface area contributed by atoms with E-state index in [4.69, 9.17) is 4.74 Å². The molecule has 1 aromatic heterocycles. The molecule has 2 aliphatic rings. The molecule has 0 saturated carbocycles. The average Bonchev–Trinajstić information content (AvgIpc) is 3.31. The SMILES string of the molecule is O=C(NCCC1CCCO1)N1CCC(c2cc3ccccc3[nH]2)CC1. The quantitative estimate of drug-likeness (QED) is 0.892. The number of H-pyrrole nitrogens is 1. The number of nitrogens with zero attached hydrogens (tertiary/aromatic N) is 1. The highest BCUT2D eigenvalue weighted by molar-refractivity contribution is 5.80. The predicted octanol–water partition coefficient (Wildman–Crippen LogP) is 3.63. The summed E-state index contributed by atoms with van der Waals surface area (Å²) in [4.78, 5) is 17.8. The number of aromatic nitrogens is 1. The summed E-state index contributed by atoms with van der Waals surface area (Å²) in [6, 6.07) is 10.7. The van der Waals surface area contributed by atoms with Crippen LogP contribution in [0.2, 0.25) is 0 Å². The van der Waals surface area contributed by atoms with Crippen molar-refractivity contribution in [1.29, 1.82) is 0 Å². The van der Waals surface area contributed by atoms with Crippen LogP contribution in [0.25, 0.3) is 10.9 Å². The van der Waals surface area contributed by atoms with E-state index in [9.17, 15) is 4.79 Å². The van der Waals surface area contributed by atoms with Gasteiger partial charge in [-0.3, -0.25) is 0 Å².